The van der Waals surface area contributed by atoms with E-state index in [-0.39, 0.29) is 11.6 Å². The largest absolute Gasteiger partial charge is 0.413 e. The first kappa shape index (κ1) is 18.3. The highest BCUT2D eigenvalue weighted by Crippen LogP contribution is 2.34. The second kappa shape index (κ2) is 8.16. The fraction of sp³-hybridized carbons (Fsp3) is 0.364. The van der Waals surface area contributed by atoms with Crippen molar-refractivity contribution in [3.63, 3.8) is 0 Å². The van der Waals surface area contributed by atoms with Crippen LogP contribution in [0.4, 0.5) is 0 Å². The molecule has 2 aromatic rings. The molecular formula is C22H29NO. The Kier molecular flexibility index (Phi) is 6.22. The molecule has 2 aromatic carbocycles. The van der Waals surface area contributed by atoms with Gasteiger partial charge >= 0.3 is 0 Å². The molecule has 0 heterocycles. The van der Waals surface area contributed by atoms with Crippen molar-refractivity contribution in [1.82, 2.24) is 5.06 Å². The van der Waals surface area contributed by atoms with Crippen LogP contribution in [-0.2, 0) is 4.84 Å². The summed E-state index contributed by atoms with van der Waals surface area (Å²) >= 11 is 0. The molecular weight excluding hydrogens is 294 g/mol. The number of nitrogens with zero attached hydrogens (tertiary/aromatic N) is 1. The average Bonchev–Trinajstić information content (AvgIpc) is 2.54. The van der Waals surface area contributed by atoms with Crippen molar-refractivity contribution in [2.24, 2.45) is 5.92 Å². The molecule has 0 aliphatic carbocycles. The minimum Gasteiger partial charge on any atom is -0.413 e. The van der Waals surface area contributed by atoms with Crippen molar-refractivity contribution in [2.45, 2.75) is 46.2 Å². The molecule has 0 fully saturated rings. The van der Waals surface area contributed by atoms with Crippen LogP contribution in [-0.4, -0.2) is 10.6 Å². The molecule has 0 radical (unpaired) electrons. The molecule has 0 spiro atoms. The molecule has 0 bridgehead atoms. The number of hydrogen-bond acceptors (Lipinski definition) is 2. The Morgan fingerprint density at radius 2 is 1.42 bits per heavy atom. The first-order valence-corrected chi connectivity index (χ1v) is 8.62. The minimum atomic E-state index is -0.119. The van der Waals surface area contributed by atoms with E-state index in [4.69, 9.17) is 4.84 Å². The first-order chi connectivity index (χ1) is 11.4. The summed E-state index contributed by atoms with van der Waals surface area (Å²) in [6.45, 7) is 11.0. The fourth-order valence-corrected chi connectivity index (χ4v) is 2.82. The minimum absolute atomic E-state index is 0.119. The molecule has 0 aliphatic rings. The molecule has 1 unspecified atom stereocenters. The van der Waals surface area contributed by atoms with Crippen molar-refractivity contribution >= 4 is 6.08 Å². The van der Waals surface area contributed by atoms with Crippen LogP contribution in [0.25, 0.3) is 6.08 Å². The van der Waals surface area contributed by atoms with Gasteiger partial charge in [0.25, 0.3) is 0 Å². The van der Waals surface area contributed by atoms with Gasteiger partial charge in [-0.1, -0.05) is 74.5 Å². The van der Waals surface area contributed by atoms with Gasteiger partial charge in [0, 0.05) is 5.54 Å². The van der Waals surface area contributed by atoms with Crippen molar-refractivity contribution in [1.29, 1.82) is 0 Å². The summed E-state index contributed by atoms with van der Waals surface area (Å²) in [5, 5.41) is 2.10. The SMILES string of the molecule is CC(C)C(c1ccccc1)N(O/C=C/c1ccccc1)C(C)(C)C. The molecule has 0 N–H and O–H groups in total. The molecule has 0 amide bonds. The summed E-state index contributed by atoms with van der Waals surface area (Å²) in [6.07, 6.45) is 3.79. The van der Waals surface area contributed by atoms with Gasteiger partial charge in [0.1, 0.15) is 6.26 Å². The van der Waals surface area contributed by atoms with E-state index in [2.05, 4.69) is 82.1 Å². The Labute approximate surface area is 146 Å². The van der Waals surface area contributed by atoms with Gasteiger partial charge in [-0.15, -0.1) is 5.06 Å². The Hall–Kier alpha value is -2.06. The van der Waals surface area contributed by atoms with E-state index >= 15 is 0 Å². The van der Waals surface area contributed by atoms with Gasteiger partial charge in [-0.25, -0.2) is 0 Å². The lowest BCUT2D eigenvalue weighted by Gasteiger charge is -2.41. The first-order valence-electron chi connectivity index (χ1n) is 8.62. The van der Waals surface area contributed by atoms with E-state index < -0.39 is 0 Å². The zero-order chi connectivity index (χ0) is 17.6. The average molecular weight is 323 g/mol. The molecule has 2 nitrogen and oxygen atoms in total. The van der Waals surface area contributed by atoms with E-state index in [1.807, 2.05) is 24.3 Å². The van der Waals surface area contributed by atoms with E-state index in [0.29, 0.717) is 5.92 Å². The molecule has 24 heavy (non-hydrogen) atoms. The molecule has 0 saturated carbocycles. The fourth-order valence-electron chi connectivity index (χ4n) is 2.82. The molecule has 1 atom stereocenters. The lowest BCUT2D eigenvalue weighted by atomic mass is 9.92. The second-order valence-electron chi connectivity index (χ2n) is 7.41. The molecule has 128 valence electrons. The Balaban J connectivity index is 2.25. The maximum Gasteiger partial charge on any atom is 0.112 e. The Morgan fingerprint density at radius 3 is 1.92 bits per heavy atom. The zero-order valence-electron chi connectivity index (χ0n) is 15.4. The monoisotopic (exact) mass is 323 g/mol. The summed E-state index contributed by atoms with van der Waals surface area (Å²) in [4.78, 5) is 6.14. The third-order valence-electron chi connectivity index (χ3n) is 3.92. The van der Waals surface area contributed by atoms with E-state index in [1.54, 1.807) is 6.26 Å². The molecule has 0 saturated heterocycles. The molecule has 2 rings (SSSR count). The summed E-state index contributed by atoms with van der Waals surface area (Å²) in [7, 11) is 0. The third kappa shape index (κ3) is 4.97. The maximum absolute atomic E-state index is 6.14. The maximum atomic E-state index is 6.14. The van der Waals surface area contributed by atoms with Gasteiger partial charge < -0.3 is 4.84 Å². The molecule has 0 aliphatic heterocycles. The summed E-state index contributed by atoms with van der Waals surface area (Å²) < 4.78 is 0. The third-order valence-corrected chi connectivity index (χ3v) is 3.92. The van der Waals surface area contributed by atoms with Crippen LogP contribution in [0.1, 0.15) is 51.8 Å². The Morgan fingerprint density at radius 1 is 0.875 bits per heavy atom. The number of benzene rings is 2. The highest BCUT2D eigenvalue weighted by molar-refractivity contribution is 5.47. The summed E-state index contributed by atoms with van der Waals surface area (Å²) in [5.41, 5.74) is 2.29. The lowest BCUT2D eigenvalue weighted by Crippen LogP contribution is -2.44. The predicted molar refractivity (Wildman–Crippen MR) is 102 cm³/mol. The number of rotatable bonds is 6. The van der Waals surface area contributed by atoms with Gasteiger partial charge in [0.15, 0.2) is 0 Å². The summed E-state index contributed by atoms with van der Waals surface area (Å²) in [6, 6.07) is 21.0. The van der Waals surface area contributed by atoms with Crippen LogP contribution < -0.4 is 0 Å². The van der Waals surface area contributed by atoms with Gasteiger partial charge in [-0.2, -0.15) is 0 Å². The van der Waals surface area contributed by atoms with Crippen molar-refractivity contribution in [2.75, 3.05) is 0 Å². The van der Waals surface area contributed by atoms with E-state index in [1.165, 1.54) is 5.56 Å². The van der Waals surface area contributed by atoms with Crippen molar-refractivity contribution < 1.29 is 4.84 Å². The van der Waals surface area contributed by atoms with Crippen LogP contribution in [0.15, 0.2) is 66.9 Å². The smallest absolute Gasteiger partial charge is 0.112 e. The highest BCUT2D eigenvalue weighted by atomic mass is 16.7. The van der Waals surface area contributed by atoms with Crippen LogP contribution in [0.3, 0.4) is 0 Å². The Bertz CT molecular complexity index is 626. The molecule has 2 heteroatoms. The van der Waals surface area contributed by atoms with Crippen LogP contribution in [0, 0.1) is 5.92 Å². The highest BCUT2D eigenvalue weighted by Gasteiger charge is 2.33. The van der Waals surface area contributed by atoms with E-state index in [9.17, 15) is 0 Å². The normalized spacial score (nSPS) is 13.6. The van der Waals surface area contributed by atoms with Gasteiger partial charge in [-0.05, 0) is 43.9 Å². The topological polar surface area (TPSA) is 12.5 Å². The van der Waals surface area contributed by atoms with Crippen LogP contribution in [0.2, 0.25) is 0 Å². The summed E-state index contributed by atoms with van der Waals surface area (Å²) in [5.74, 6) is 0.428. The second-order valence-corrected chi connectivity index (χ2v) is 7.41. The molecule has 0 aromatic heterocycles. The van der Waals surface area contributed by atoms with Crippen LogP contribution in [0.5, 0.6) is 0 Å². The van der Waals surface area contributed by atoms with Crippen LogP contribution >= 0.6 is 0 Å². The lowest BCUT2D eigenvalue weighted by molar-refractivity contribution is -0.204. The predicted octanol–water partition coefficient (Wildman–Crippen LogP) is 6.09. The van der Waals surface area contributed by atoms with Gasteiger partial charge in [0.05, 0.1) is 6.04 Å². The van der Waals surface area contributed by atoms with Crippen molar-refractivity contribution in [3.8, 4) is 0 Å². The van der Waals surface area contributed by atoms with Gasteiger partial charge in [-0.3, -0.25) is 0 Å². The number of hydrogen-bond donors (Lipinski definition) is 0. The number of hydroxylamine groups is 2. The van der Waals surface area contributed by atoms with Crippen molar-refractivity contribution in [3.05, 3.63) is 78.1 Å². The van der Waals surface area contributed by atoms with Gasteiger partial charge in [0.2, 0.25) is 0 Å². The quantitative estimate of drug-likeness (QED) is 0.471. The van der Waals surface area contributed by atoms with E-state index in [0.717, 1.165) is 5.56 Å². The zero-order valence-corrected chi connectivity index (χ0v) is 15.4. The standard InChI is InChI=1S/C22H29NO/c1-18(2)21(20-14-10-7-11-15-20)23(22(3,4)5)24-17-16-19-12-8-6-9-13-19/h6-18,21H,1-5H3/b17-16+.